The fraction of sp³-hybridized carbons (Fsp3) is 0.375. The van der Waals surface area contributed by atoms with Crippen molar-refractivity contribution in [2.24, 2.45) is 24.0 Å². The van der Waals surface area contributed by atoms with Gasteiger partial charge in [-0.05, 0) is 79.9 Å². The molecule has 0 atom stereocenters. The van der Waals surface area contributed by atoms with Crippen molar-refractivity contribution < 1.29 is 41.5 Å². The van der Waals surface area contributed by atoms with Crippen molar-refractivity contribution in [3.63, 3.8) is 0 Å². The van der Waals surface area contributed by atoms with Crippen molar-refractivity contribution in [2.75, 3.05) is 7.11 Å². The molecule has 5 rings (SSSR count). The molecule has 0 amide bonds. The largest absolute Gasteiger partial charge is 0.412 e. The Bertz CT molecular complexity index is 1940. The van der Waals surface area contributed by atoms with Crippen molar-refractivity contribution in [1.82, 2.24) is 29.7 Å². The second-order valence-corrected chi connectivity index (χ2v) is 13.1. The van der Waals surface area contributed by atoms with Gasteiger partial charge < -0.3 is 35.3 Å². The van der Waals surface area contributed by atoms with Gasteiger partial charge >= 0.3 is 0 Å². The zero-order valence-electron chi connectivity index (χ0n) is 31.6. The number of hydrogen-bond acceptors (Lipinski definition) is 9. The molecule has 0 bridgehead atoms. The molecule has 0 saturated carbocycles. The number of hydrazine groups is 1. The van der Waals surface area contributed by atoms with Crippen LogP contribution in [-0.2, 0) is 53.6 Å². The number of fused-ring (bicyclic) bond motifs is 1. The van der Waals surface area contributed by atoms with Gasteiger partial charge in [0.15, 0.2) is 5.78 Å². The van der Waals surface area contributed by atoms with Gasteiger partial charge in [0.25, 0.3) is 0 Å². The Balaban J connectivity index is 0.00000154. The number of nitrogens with one attached hydrogen (secondary N) is 1. The molecule has 0 fully saturated rings. The number of allylic oxidation sites excluding steroid dienone is 1. The second-order valence-electron chi connectivity index (χ2n) is 13.1. The van der Waals surface area contributed by atoms with E-state index in [9.17, 15) is 4.79 Å². The number of carbonyl (C=O) groups is 2. The van der Waals surface area contributed by atoms with Gasteiger partial charge in [0.2, 0.25) is 0 Å². The van der Waals surface area contributed by atoms with E-state index in [1.165, 1.54) is 40.0 Å². The number of pyridine rings is 1. The molecule has 3 heterocycles. The van der Waals surface area contributed by atoms with Gasteiger partial charge in [0, 0.05) is 94.2 Å². The number of carbonyl (C=O) groups excluding carboxylic acids is 2. The fourth-order valence-corrected chi connectivity index (χ4v) is 6.00. The summed E-state index contributed by atoms with van der Waals surface area (Å²) in [7, 11) is 2.71. The Morgan fingerprint density at radius 1 is 1.09 bits per heavy atom. The van der Waals surface area contributed by atoms with Crippen molar-refractivity contribution in [3.05, 3.63) is 113 Å². The van der Waals surface area contributed by atoms with Gasteiger partial charge in [-0.3, -0.25) is 14.9 Å². The number of H-pyrrole nitrogens is 1. The van der Waals surface area contributed by atoms with Crippen molar-refractivity contribution in [3.8, 4) is 11.5 Å². The third kappa shape index (κ3) is 12.3. The second kappa shape index (κ2) is 21.9. The summed E-state index contributed by atoms with van der Waals surface area (Å²) in [4.78, 5) is 34.2. The number of ketones is 1. The summed E-state index contributed by atoms with van der Waals surface area (Å²) >= 11 is 0. The van der Waals surface area contributed by atoms with Crippen LogP contribution in [0.2, 0.25) is 0 Å². The van der Waals surface area contributed by atoms with Crippen LogP contribution in [0.4, 0.5) is 4.39 Å². The standard InChI is InChI=1S/C37H44FN8O.C2H4O.CH4O.Nb/c1-5-10-25-12-9-13-26(19-25)11-7-6-8-16-37(2,3)33(39)23-46(40)22-29-28-15-18-41-31(28)21-30(38)34(29)35(47)27-14-17-42-32(20-27)36-43-24-44-45(36)4;1-2-3;1-2;/h9,12-15,17-21,23,41H,5-8,10-11,16,22,39-40H2,1-4H3;2H,1H3;2H,1H3;/q-1;;;/b33-23-;;;. The van der Waals surface area contributed by atoms with Crippen LogP contribution in [-0.4, -0.2) is 54.0 Å². The van der Waals surface area contributed by atoms with Gasteiger partial charge in [-0.1, -0.05) is 64.3 Å². The molecule has 0 aliphatic rings. The number of aromatic nitrogens is 5. The molecular formula is C40H52FN8NbO3-. The van der Waals surface area contributed by atoms with Crippen LogP contribution >= 0.6 is 0 Å². The summed E-state index contributed by atoms with van der Waals surface area (Å²) in [5, 5.41) is 13.1. The molecule has 0 spiro atoms. The Morgan fingerprint density at radius 3 is 2.45 bits per heavy atom. The molecule has 53 heavy (non-hydrogen) atoms. The number of aliphatic hydroxyl groups is 1. The zero-order chi connectivity index (χ0) is 38.3. The molecule has 3 aromatic heterocycles. The van der Waals surface area contributed by atoms with E-state index in [0.717, 1.165) is 58.3 Å². The minimum absolute atomic E-state index is 0. The first-order valence-corrected chi connectivity index (χ1v) is 17.5. The fourth-order valence-electron chi connectivity index (χ4n) is 6.00. The molecule has 0 aliphatic heterocycles. The van der Waals surface area contributed by atoms with Crippen LogP contribution in [0.3, 0.4) is 0 Å². The molecule has 0 unspecified atom stereocenters. The van der Waals surface area contributed by atoms with Crippen molar-refractivity contribution in [1.29, 1.82) is 0 Å². The SMILES string of the molecule is CC=O.CCCc1cccc(CCCCCC(C)(C)/C(N)=C/N(N)Cc2c(C(=O)c3ccnc(-c4n[c-]nn4C)c3)c(F)cc3[nH]ccc23)c1.CO.[Nb]. The van der Waals surface area contributed by atoms with Crippen LogP contribution in [0.1, 0.15) is 92.4 Å². The zero-order valence-corrected chi connectivity index (χ0v) is 33.8. The molecule has 13 heteroatoms. The van der Waals surface area contributed by atoms with E-state index >= 15 is 4.39 Å². The van der Waals surface area contributed by atoms with Crippen LogP contribution in [0, 0.1) is 17.6 Å². The van der Waals surface area contributed by atoms with Crippen molar-refractivity contribution in [2.45, 2.75) is 79.2 Å². The topological polar surface area (TPSA) is 169 Å². The first kappa shape index (κ1) is 44.7. The number of hydrogen-bond donors (Lipinski definition) is 4. The molecule has 2 aromatic carbocycles. The average molecular weight is 805 g/mol. The van der Waals surface area contributed by atoms with Gasteiger partial charge in [-0.15, -0.1) is 0 Å². The monoisotopic (exact) mass is 804 g/mol. The number of halogens is 1. The third-order valence-electron chi connectivity index (χ3n) is 8.78. The third-order valence-corrected chi connectivity index (χ3v) is 8.78. The maximum Gasteiger partial charge on any atom is 0.196 e. The van der Waals surface area contributed by atoms with Crippen LogP contribution in [0.25, 0.3) is 22.4 Å². The Hall–Kier alpha value is -4.46. The summed E-state index contributed by atoms with van der Waals surface area (Å²) in [6.45, 7) is 7.94. The molecule has 0 aliphatic carbocycles. The number of nitrogens with two attached hydrogens (primary N) is 2. The maximum atomic E-state index is 15.7. The van der Waals surface area contributed by atoms with E-state index in [0.29, 0.717) is 33.7 Å². The maximum absolute atomic E-state index is 15.7. The van der Waals surface area contributed by atoms with Gasteiger partial charge in [0.05, 0.1) is 12.1 Å². The number of rotatable bonds is 15. The number of aliphatic hydroxyl groups excluding tert-OH is 1. The molecule has 283 valence electrons. The number of benzene rings is 2. The molecule has 6 N–H and O–H groups in total. The summed E-state index contributed by atoms with van der Waals surface area (Å²) in [6.07, 6.45) is 15.7. The number of aldehydes is 1. The quantitative estimate of drug-likeness (QED) is 0.0173. The number of unbranched alkanes of at least 4 members (excludes halogenated alkanes) is 2. The van der Waals surface area contributed by atoms with E-state index in [1.54, 1.807) is 31.6 Å². The number of aromatic amines is 1. The normalized spacial score (nSPS) is 11.2. The minimum Gasteiger partial charge on any atom is -0.412 e. The molecule has 1 radical (unpaired) electrons. The Labute approximate surface area is 327 Å². The Morgan fingerprint density at radius 2 is 1.79 bits per heavy atom. The summed E-state index contributed by atoms with van der Waals surface area (Å²) in [5.41, 5.74) is 11.4. The summed E-state index contributed by atoms with van der Waals surface area (Å²) < 4.78 is 17.2. The minimum atomic E-state index is -0.645. The first-order chi connectivity index (χ1) is 25.0. The van der Waals surface area contributed by atoms with Crippen LogP contribution < -0.4 is 11.6 Å². The summed E-state index contributed by atoms with van der Waals surface area (Å²) in [6, 6.07) is 15.2. The first-order valence-electron chi connectivity index (χ1n) is 17.5. The smallest absolute Gasteiger partial charge is 0.196 e. The molecule has 0 saturated heterocycles. The number of aryl methyl sites for hydroxylation is 3. The van der Waals surface area contributed by atoms with E-state index in [4.69, 9.17) is 21.5 Å². The molecule has 5 aromatic rings. The van der Waals surface area contributed by atoms with Gasteiger partial charge in [0.1, 0.15) is 12.1 Å². The van der Waals surface area contributed by atoms with E-state index in [-0.39, 0.29) is 45.5 Å². The van der Waals surface area contributed by atoms with Gasteiger partial charge in [-0.2, -0.15) is 0 Å². The predicted octanol–water partition coefficient (Wildman–Crippen LogP) is 6.60. The van der Waals surface area contributed by atoms with Gasteiger partial charge in [-0.25, -0.2) is 10.2 Å². The predicted molar refractivity (Wildman–Crippen MR) is 203 cm³/mol. The molecular weight excluding hydrogens is 752 g/mol. The van der Waals surface area contributed by atoms with Crippen molar-refractivity contribution >= 4 is 23.0 Å². The van der Waals surface area contributed by atoms with E-state index in [1.807, 2.05) is 6.07 Å². The van der Waals surface area contributed by atoms with Crippen LogP contribution in [0.15, 0.2) is 72.8 Å². The summed E-state index contributed by atoms with van der Waals surface area (Å²) in [5.74, 6) is 5.81. The van der Waals surface area contributed by atoms with Crippen LogP contribution in [0.5, 0.6) is 0 Å². The number of nitrogens with zero attached hydrogens (tertiary/aromatic N) is 5. The average Bonchev–Trinajstić information content (AvgIpc) is 3.78. The molecule has 11 nitrogen and oxygen atoms in total. The van der Waals surface area contributed by atoms with E-state index in [2.05, 4.69) is 71.4 Å². The van der Waals surface area contributed by atoms with E-state index < -0.39 is 11.6 Å². The Kier molecular flexibility index (Phi) is 18.5.